The summed E-state index contributed by atoms with van der Waals surface area (Å²) in [7, 11) is 0. The topological polar surface area (TPSA) is 75.5 Å². The van der Waals surface area contributed by atoms with E-state index in [-0.39, 0.29) is 0 Å². The molecule has 8 aromatic carbocycles. The Morgan fingerprint density at radius 2 is 1.06 bits per heavy atom. The molecule has 5 aromatic heterocycles. The summed E-state index contributed by atoms with van der Waals surface area (Å²) in [6, 6.07) is 59.0. The number of aromatic nitrogens is 3. The van der Waals surface area contributed by atoms with Crippen LogP contribution in [0.15, 0.2) is 168 Å². The highest BCUT2D eigenvalue weighted by molar-refractivity contribution is 7.20. The third-order valence-electron chi connectivity index (χ3n) is 14.9. The fourth-order valence-electron chi connectivity index (χ4n) is 12.1. The minimum Gasteiger partial charge on any atom is -0.456 e. The highest BCUT2D eigenvalue weighted by Crippen LogP contribution is 2.51. The summed E-state index contributed by atoms with van der Waals surface area (Å²) in [5.74, 6) is 0. The van der Waals surface area contributed by atoms with Crippen LogP contribution < -0.4 is 0 Å². The molecule has 7 heteroatoms. The van der Waals surface area contributed by atoms with Crippen molar-refractivity contribution in [1.29, 1.82) is 10.5 Å². The summed E-state index contributed by atoms with van der Waals surface area (Å²) in [5, 5.41) is 33.2. The molecule has 69 heavy (non-hydrogen) atoms. The maximum absolute atomic E-state index is 12.4. The van der Waals surface area contributed by atoms with Crippen LogP contribution in [0.4, 0.5) is 0 Å². The van der Waals surface area contributed by atoms with Crippen molar-refractivity contribution in [3.05, 3.63) is 197 Å². The molecule has 0 amide bonds. The number of rotatable bonds is 4. The third-order valence-corrected chi connectivity index (χ3v) is 16.0. The van der Waals surface area contributed by atoms with Crippen molar-refractivity contribution >= 4 is 110 Å². The lowest BCUT2D eigenvalue weighted by molar-refractivity contribution is 0.669. The Balaban J connectivity index is 1.25. The maximum Gasteiger partial charge on any atom is 0.137 e. The number of aryl methyl sites for hydroxylation is 2. The number of para-hydroxylation sites is 5. The Morgan fingerprint density at radius 3 is 1.77 bits per heavy atom. The van der Waals surface area contributed by atoms with E-state index >= 15 is 0 Å². The molecule has 0 unspecified atom stereocenters. The predicted octanol–water partition coefficient (Wildman–Crippen LogP) is 16.3. The molecule has 5 heterocycles. The summed E-state index contributed by atoms with van der Waals surface area (Å²) in [6.07, 6.45) is 12.8. The third kappa shape index (κ3) is 5.12. The summed E-state index contributed by atoms with van der Waals surface area (Å²) >= 11 is 1.83. The van der Waals surface area contributed by atoms with Gasteiger partial charge in [-0.05, 0) is 115 Å². The van der Waals surface area contributed by atoms with Crippen molar-refractivity contribution < 1.29 is 4.42 Å². The van der Waals surface area contributed by atoms with Crippen LogP contribution in [-0.4, -0.2) is 13.7 Å². The number of allylic oxidation sites excluding steroid dienone is 2. The molecule has 0 aliphatic heterocycles. The number of hydrogen-bond donors (Lipinski definition) is 0. The van der Waals surface area contributed by atoms with Crippen LogP contribution in [-0.2, 0) is 12.8 Å². The van der Waals surface area contributed by atoms with E-state index in [9.17, 15) is 10.5 Å². The van der Waals surface area contributed by atoms with Gasteiger partial charge in [0.15, 0.2) is 0 Å². The zero-order chi connectivity index (χ0) is 45.5. The first-order valence-electron chi connectivity index (χ1n) is 23.6. The van der Waals surface area contributed by atoms with Gasteiger partial charge in [-0.2, -0.15) is 10.5 Å². The summed E-state index contributed by atoms with van der Waals surface area (Å²) < 4.78 is 14.7. The van der Waals surface area contributed by atoms with Crippen LogP contribution in [0.3, 0.4) is 0 Å². The number of nitriles is 2. The van der Waals surface area contributed by atoms with Crippen LogP contribution in [0.25, 0.3) is 127 Å². The molecular formula is C62H37N5OS. The quantitative estimate of drug-likeness (QED) is 0.177. The van der Waals surface area contributed by atoms with Gasteiger partial charge in [0.1, 0.15) is 34.4 Å². The number of thiophene rings is 1. The molecule has 0 fully saturated rings. The molecule has 0 bridgehead atoms. The average molecular weight is 900 g/mol. The largest absolute Gasteiger partial charge is 0.456 e. The van der Waals surface area contributed by atoms with Crippen LogP contribution in [0.1, 0.15) is 45.7 Å². The first-order chi connectivity index (χ1) is 34.2. The first kappa shape index (κ1) is 38.2. The van der Waals surface area contributed by atoms with Crippen LogP contribution in [0.2, 0.25) is 0 Å². The number of fused-ring (bicyclic) bond motifs is 16. The lowest BCUT2D eigenvalue weighted by atomic mass is 9.90. The molecule has 0 saturated carbocycles. The van der Waals surface area contributed by atoms with E-state index in [1.807, 2.05) is 29.5 Å². The molecule has 0 radical (unpaired) electrons. The Labute approximate surface area is 399 Å². The smallest absolute Gasteiger partial charge is 0.137 e. The van der Waals surface area contributed by atoms with Crippen molar-refractivity contribution in [2.45, 2.75) is 25.7 Å². The molecule has 0 N–H and O–H groups in total. The zero-order valence-corrected chi connectivity index (χ0v) is 37.9. The van der Waals surface area contributed by atoms with Crippen molar-refractivity contribution in [2.75, 3.05) is 0 Å². The highest BCUT2D eigenvalue weighted by atomic mass is 32.1. The van der Waals surface area contributed by atoms with Gasteiger partial charge in [-0.3, -0.25) is 0 Å². The van der Waals surface area contributed by atoms with Gasteiger partial charge in [0, 0.05) is 53.2 Å². The second-order valence-corrected chi connectivity index (χ2v) is 19.4. The SMILES string of the molecule is N#Cc1c(-n2c3c(c4ccccc42)CCC=C3)c(-c2ccc3sc4c(c3c2)CCC=C4)c(-n2c3ccccc3c3ccccc32)c(C#N)c1-n1c2ccccc2c2ccc3oc4ccccc4c3c21. The molecular weight excluding hydrogens is 863 g/mol. The molecule has 6 nitrogen and oxygen atoms in total. The van der Waals surface area contributed by atoms with Gasteiger partial charge in [0.2, 0.25) is 0 Å². The monoisotopic (exact) mass is 899 g/mol. The van der Waals surface area contributed by atoms with Crippen molar-refractivity contribution in [2.24, 2.45) is 0 Å². The van der Waals surface area contributed by atoms with Gasteiger partial charge in [0.05, 0.1) is 50.0 Å². The lowest BCUT2D eigenvalue weighted by Gasteiger charge is -2.27. The van der Waals surface area contributed by atoms with Crippen molar-refractivity contribution in [3.63, 3.8) is 0 Å². The van der Waals surface area contributed by atoms with Crippen molar-refractivity contribution in [3.8, 4) is 40.3 Å². The number of benzene rings is 8. The standard InChI is InChI=1S/C62H37N5OS/c63-34-46-59(67-52-26-12-5-19-41(52)43-30-31-54-58(60(43)67)44-21-6-13-27-53(44)68-54)47(35-64)62(66-50-24-10-3-17-39(50)40-18-4-11-25-51(40)66)57(36-29-32-56-45(33-36)42-20-7-14-28-55(42)69-56)61(46)65-48-22-8-1-15-37(48)38-16-2-9-23-49(38)65/h1-3,5-6,8-17,19,21-33H,4,7,18,20H2. The van der Waals surface area contributed by atoms with E-state index < -0.39 is 0 Å². The van der Waals surface area contributed by atoms with E-state index in [4.69, 9.17) is 4.42 Å². The van der Waals surface area contributed by atoms with E-state index in [2.05, 4.69) is 184 Å². The minimum absolute atomic E-state index is 0.403. The van der Waals surface area contributed by atoms with Gasteiger partial charge in [-0.15, -0.1) is 11.3 Å². The van der Waals surface area contributed by atoms with E-state index in [0.29, 0.717) is 16.8 Å². The number of nitrogens with zero attached hydrogens (tertiary/aromatic N) is 5. The fraction of sp³-hybridized carbons (Fsp3) is 0.0645. The number of furan rings is 1. The lowest BCUT2D eigenvalue weighted by Crippen LogP contribution is -2.15. The zero-order valence-electron chi connectivity index (χ0n) is 37.1. The highest BCUT2D eigenvalue weighted by Gasteiger charge is 2.34. The van der Waals surface area contributed by atoms with Crippen LogP contribution in [0, 0.1) is 22.7 Å². The van der Waals surface area contributed by atoms with Gasteiger partial charge >= 0.3 is 0 Å². The molecule has 322 valence electrons. The van der Waals surface area contributed by atoms with Crippen LogP contribution in [0.5, 0.6) is 0 Å². The van der Waals surface area contributed by atoms with E-state index in [1.54, 1.807) is 0 Å². The predicted molar refractivity (Wildman–Crippen MR) is 284 cm³/mol. The summed E-state index contributed by atoms with van der Waals surface area (Å²) in [4.78, 5) is 1.29. The average Bonchev–Trinajstić information content (AvgIpc) is 4.21. The summed E-state index contributed by atoms with van der Waals surface area (Å²) in [5.41, 5.74) is 14.5. The maximum atomic E-state index is 12.4. The molecule has 2 aliphatic rings. The first-order valence-corrected chi connectivity index (χ1v) is 24.4. The Kier molecular flexibility index (Phi) is 7.93. The Bertz CT molecular complexity index is 4530. The van der Waals surface area contributed by atoms with Gasteiger partial charge in [0.25, 0.3) is 0 Å². The molecule has 13 aromatic rings. The molecule has 15 rings (SSSR count). The van der Waals surface area contributed by atoms with E-state index in [1.165, 1.54) is 26.1 Å². The van der Waals surface area contributed by atoms with E-state index in [0.717, 1.165) is 130 Å². The second-order valence-electron chi connectivity index (χ2n) is 18.3. The minimum atomic E-state index is 0.403. The van der Waals surface area contributed by atoms with Crippen molar-refractivity contribution in [1.82, 2.24) is 13.7 Å². The van der Waals surface area contributed by atoms with Gasteiger partial charge in [-0.25, -0.2) is 0 Å². The molecule has 2 aliphatic carbocycles. The molecule has 0 spiro atoms. The summed E-state index contributed by atoms with van der Waals surface area (Å²) in [6.45, 7) is 0. The van der Waals surface area contributed by atoms with Gasteiger partial charge < -0.3 is 18.1 Å². The van der Waals surface area contributed by atoms with Gasteiger partial charge in [-0.1, -0.05) is 109 Å². The Hall–Kier alpha value is -8.88. The Morgan fingerprint density at radius 1 is 0.478 bits per heavy atom. The molecule has 0 saturated heterocycles. The normalized spacial score (nSPS) is 13.4. The van der Waals surface area contributed by atoms with Crippen LogP contribution >= 0.6 is 11.3 Å². The fourth-order valence-corrected chi connectivity index (χ4v) is 13.3. The second kappa shape index (κ2) is 14.3. The molecule has 0 atom stereocenters. The number of hydrogen-bond acceptors (Lipinski definition) is 4.